The van der Waals surface area contributed by atoms with Crippen LogP contribution >= 0.6 is 0 Å². The Hall–Kier alpha value is -0.202. The Kier molecular flexibility index (Phi) is 10.4. The molecule has 0 fully saturated rings. The molecular formula is C12H20N2W. The third kappa shape index (κ3) is 8.77. The van der Waals surface area contributed by atoms with E-state index in [2.05, 4.69) is 44.2 Å². The maximum Gasteiger partial charge on any atom is 2.00 e. The van der Waals surface area contributed by atoms with E-state index in [1.54, 1.807) is 12.3 Å². The van der Waals surface area contributed by atoms with Gasteiger partial charge < -0.3 is 16.2 Å². The summed E-state index contributed by atoms with van der Waals surface area (Å²) in [6.07, 6.45) is 4.34. The number of hydrogen-bond acceptors (Lipinski definition) is 2. The second-order valence-corrected chi connectivity index (χ2v) is 3.83. The van der Waals surface area contributed by atoms with Crippen LogP contribution in [0.25, 0.3) is 0 Å². The van der Waals surface area contributed by atoms with Gasteiger partial charge in [0.15, 0.2) is 0 Å². The Balaban J connectivity index is 0. The molecule has 0 aliphatic carbocycles. The first kappa shape index (κ1) is 17.2. The van der Waals surface area contributed by atoms with Crippen LogP contribution in [0.4, 0.5) is 0 Å². The van der Waals surface area contributed by atoms with E-state index in [4.69, 9.17) is 0 Å². The van der Waals surface area contributed by atoms with Gasteiger partial charge in [0.05, 0.1) is 0 Å². The molecule has 1 aromatic rings. The SMILES string of the molecule is CNC(C)(C)[C-](C)C.[W+2].[c-]1ccccn1. The van der Waals surface area contributed by atoms with Crippen LogP contribution in [0.5, 0.6) is 0 Å². The molecule has 1 heterocycles. The zero-order chi connectivity index (χ0) is 11.0. The van der Waals surface area contributed by atoms with Crippen LogP contribution < -0.4 is 5.32 Å². The van der Waals surface area contributed by atoms with Crippen LogP contribution in [0.1, 0.15) is 27.7 Å². The molecule has 3 heteroatoms. The van der Waals surface area contributed by atoms with Crippen LogP contribution in [-0.4, -0.2) is 17.6 Å². The molecule has 0 radical (unpaired) electrons. The largest absolute Gasteiger partial charge is 2.00 e. The molecule has 0 aromatic carbocycles. The molecule has 0 aliphatic rings. The molecule has 0 atom stereocenters. The summed E-state index contributed by atoms with van der Waals surface area (Å²) in [5.41, 5.74) is 0.208. The average molecular weight is 376 g/mol. The normalized spacial score (nSPS) is 10.0. The average Bonchev–Trinajstić information content (AvgIpc) is 2.21. The first-order valence-electron chi connectivity index (χ1n) is 4.77. The van der Waals surface area contributed by atoms with Gasteiger partial charge in [0, 0.05) is 0 Å². The fourth-order valence-electron chi connectivity index (χ4n) is 0.527. The minimum Gasteiger partial charge on any atom is -0.394 e. The van der Waals surface area contributed by atoms with Gasteiger partial charge in [-0.1, -0.05) is 26.2 Å². The zero-order valence-corrected chi connectivity index (χ0v) is 13.1. The molecule has 15 heavy (non-hydrogen) atoms. The van der Waals surface area contributed by atoms with Gasteiger partial charge in [-0.3, -0.25) is 0 Å². The molecule has 0 aliphatic heterocycles. The minimum absolute atomic E-state index is 0. The predicted octanol–water partition coefficient (Wildman–Crippen LogP) is 2.48. The van der Waals surface area contributed by atoms with Crippen molar-refractivity contribution >= 4 is 0 Å². The Labute approximate surface area is 108 Å². The number of rotatable bonds is 2. The van der Waals surface area contributed by atoms with E-state index in [1.807, 2.05) is 19.2 Å². The molecule has 0 bridgehead atoms. The van der Waals surface area contributed by atoms with Crippen molar-refractivity contribution in [3.63, 3.8) is 0 Å². The van der Waals surface area contributed by atoms with E-state index >= 15 is 0 Å². The predicted molar refractivity (Wildman–Crippen MR) is 60.8 cm³/mol. The summed E-state index contributed by atoms with van der Waals surface area (Å²) in [5.74, 6) is 1.42. The number of pyridine rings is 1. The maximum absolute atomic E-state index is 3.66. The van der Waals surface area contributed by atoms with Gasteiger partial charge >= 0.3 is 21.1 Å². The van der Waals surface area contributed by atoms with Crippen molar-refractivity contribution < 1.29 is 21.1 Å². The van der Waals surface area contributed by atoms with Crippen molar-refractivity contribution in [3.8, 4) is 0 Å². The smallest absolute Gasteiger partial charge is 0.394 e. The third-order valence-corrected chi connectivity index (χ3v) is 2.39. The molecule has 2 nitrogen and oxygen atoms in total. The van der Waals surface area contributed by atoms with E-state index in [-0.39, 0.29) is 26.6 Å². The Morgan fingerprint density at radius 3 is 1.93 bits per heavy atom. The molecule has 1 N–H and O–H groups in total. The number of nitrogens with zero attached hydrogens (tertiary/aromatic N) is 1. The van der Waals surface area contributed by atoms with E-state index < -0.39 is 0 Å². The van der Waals surface area contributed by atoms with Gasteiger partial charge in [-0.05, 0) is 7.05 Å². The van der Waals surface area contributed by atoms with Gasteiger partial charge in [0.1, 0.15) is 0 Å². The van der Waals surface area contributed by atoms with Crippen molar-refractivity contribution in [2.75, 3.05) is 7.05 Å². The van der Waals surface area contributed by atoms with Crippen LogP contribution in [-0.2, 0) is 21.1 Å². The fourth-order valence-corrected chi connectivity index (χ4v) is 0.527. The monoisotopic (exact) mass is 376 g/mol. The Morgan fingerprint density at radius 1 is 1.27 bits per heavy atom. The first-order valence-corrected chi connectivity index (χ1v) is 4.77. The second-order valence-electron chi connectivity index (χ2n) is 3.83. The molecular weight excluding hydrogens is 356 g/mol. The summed E-state index contributed by atoms with van der Waals surface area (Å²) in [5, 5.41) is 3.20. The van der Waals surface area contributed by atoms with E-state index in [0.29, 0.717) is 0 Å². The molecule has 0 spiro atoms. The zero-order valence-electron chi connectivity index (χ0n) is 10.2. The minimum atomic E-state index is 0. The second kappa shape index (κ2) is 9.06. The van der Waals surface area contributed by atoms with E-state index in [9.17, 15) is 0 Å². The van der Waals surface area contributed by atoms with Crippen molar-refractivity contribution in [3.05, 3.63) is 36.5 Å². The van der Waals surface area contributed by atoms with Gasteiger partial charge in [-0.2, -0.15) is 32.0 Å². The summed E-state index contributed by atoms with van der Waals surface area (Å²) in [6.45, 7) is 8.61. The molecule has 84 valence electrons. The summed E-state index contributed by atoms with van der Waals surface area (Å²) in [7, 11) is 1.98. The van der Waals surface area contributed by atoms with Crippen LogP contribution in [0.15, 0.2) is 24.4 Å². The van der Waals surface area contributed by atoms with Gasteiger partial charge in [0.2, 0.25) is 0 Å². The molecule has 0 amide bonds. The van der Waals surface area contributed by atoms with Crippen molar-refractivity contribution in [2.24, 2.45) is 0 Å². The van der Waals surface area contributed by atoms with E-state index in [1.165, 1.54) is 5.92 Å². The molecule has 1 aromatic heterocycles. The fraction of sp³-hybridized carbons (Fsp3) is 0.500. The molecule has 1 rings (SSSR count). The van der Waals surface area contributed by atoms with E-state index in [0.717, 1.165) is 0 Å². The third-order valence-electron chi connectivity index (χ3n) is 2.39. The van der Waals surface area contributed by atoms with Crippen molar-refractivity contribution in [1.29, 1.82) is 0 Å². The maximum atomic E-state index is 3.66. The topological polar surface area (TPSA) is 24.9 Å². The summed E-state index contributed by atoms with van der Waals surface area (Å²) in [4.78, 5) is 3.66. The van der Waals surface area contributed by atoms with Gasteiger partial charge in [-0.25, -0.2) is 0 Å². The Morgan fingerprint density at radius 2 is 1.87 bits per heavy atom. The standard InChI is InChI=1S/C7H16N.C5H4N.W/c1-6(2)7(3,4)8-5;1-2-4-6-5-3-1;/h8H,1-5H3;1-4H;/q2*-1;+2. The van der Waals surface area contributed by atoms with Crippen molar-refractivity contribution in [2.45, 2.75) is 33.2 Å². The van der Waals surface area contributed by atoms with Crippen LogP contribution in [0.3, 0.4) is 0 Å². The summed E-state index contributed by atoms with van der Waals surface area (Å²) < 4.78 is 0. The van der Waals surface area contributed by atoms with Gasteiger partial charge in [-0.15, -0.1) is 5.54 Å². The van der Waals surface area contributed by atoms with Crippen LogP contribution in [0.2, 0.25) is 0 Å². The quantitative estimate of drug-likeness (QED) is 0.803. The first-order chi connectivity index (χ1) is 6.50. The molecule has 0 saturated carbocycles. The number of hydrogen-bond donors (Lipinski definition) is 1. The molecule has 0 saturated heterocycles. The van der Waals surface area contributed by atoms with Gasteiger partial charge in [0.25, 0.3) is 0 Å². The van der Waals surface area contributed by atoms with Crippen LogP contribution in [0, 0.1) is 12.1 Å². The molecule has 0 unspecified atom stereocenters. The Bertz CT molecular complexity index is 196. The summed E-state index contributed by atoms with van der Waals surface area (Å²) in [6, 6.07) is 5.50. The number of nitrogens with one attached hydrogen (secondary N) is 1. The summed E-state index contributed by atoms with van der Waals surface area (Å²) >= 11 is 0. The van der Waals surface area contributed by atoms with Crippen molar-refractivity contribution in [1.82, 2.24) is 10.3 Å². The number of aromatic nitrogens is 1.